The molecule has 8 aliphatic heterocycles. The highest BCUT2D eigenvalue weighted by Crippen LogP contribution is 2.29. The second-order valence-electron chi connectivity index (χ2n) is 31.9. The number of amides is 10. The number of Topliss-reactive ketones (excluding diaryl/α,β-unsaturated/α-hetero) is 2. The van der Waals surface area contributed by atoms with Crippen LogP contribution in [0.5, 0.6) is 0 Å². The van der Waals surface area contributed by atoms with E-state index in [1.165, 1.54) is 41.5 Å². The standard InChI is InChI=1S/2C21H33N3O5.2C20H32N4O5/c2*1-13(21(28)29-24-16(4)9-10-20(24)27)11-18(25)17(5)22-19(26)12-23-14(2)7-6-8-15(23)3;2*1-12-7-6-8-13(2)23(12)11-17(25)21-15(4)19(27)22-16(5)20(28)29-24-14(3)9-10-18(24)26/h2*13-15,17H,4,6-12H2,1-3,5H3,(H,22,26);2*12-13,15-16H,3,6-11H2,1-2,4-5H3,(H,21,25)(H,22,27)/i12D2,22+1;1D3;21+1,22+1,23+1;15D,22+1,23+1. The van der Waals surface area contributed by atoms with Crippen LogP contribution < -0.4 is 31.9 Å². The number of rotatable bonds is 30. The largest absolute Gasteiger partial charge is 0.354 e. The lowest BCUT2D eigenvalue weighted by Gasteiger charge is -2.38. The van der Waals surface area contributed by atoms with Gasteiger partial charge in [0.15, 0.2) is 11.6 Å². The minimum Gasteiger partial charge on any atom is -0.345 e. The van der Waals surface area contributed by atoms with Crippen LogP contribution in [-0.4, -0.2) is 245 Å². The van der Waals surface area contributed by atoms with E-state index in [1.54, 1.807) is 11.8 Å². The molecule has 0 aromatic rings. The van der Waals surface area contributed by atoms with Crippen LogP contribution in [0.25, 0.3) is 0 Å². The van der Waals surface area contributed by atoms with Crippen LogP contribution in [0.1, 0.15) is 260 Å². The highest BCUT2D eigenvalue weighted by molar-refractivity contribution is 5.95. The molecule has 116 heavy (non-hydrogen) atoms. The van der Waals surface area contributed by atoms with E-state index >= 15 is 0 Å². The summed E-state index contributed by atoms with van der Waals surface area (Å²) >= 11 is 0. The van der Waals surface area contributed by atoms with Crippen molar-refractivity contribution < 1.29 is 104 Å². The molecule has 0 aromatic carbocycles. The van der Waals surface area contributed by atoms with Crippen LogP contribution in [-0.2, 0) is 96.1 Å². The van der Waals surface area contributed by atoms with E-state index in [2.05, 4.69) is 114 Å². The van der Waals surface area contributed by atoms with Crippen molar-refractivity contribution in [2.45, 2.75) is 337 Å². The third-order valence-corrected chi connectivity index (χ3v) is 22.0. The van der Waals surface area contributed by atoms with Crippen molar-refractivity contribution in [3.8, 4) is 0 Å². The first-order chi connectivity index (χ1) is 56.7. The molecule has 0 aromatic heterocycles. The van der Waals surface area contributed by atoms with Crippen molar-refractivity contribution in [3.63, 3.8) is 0 Å². The number of nitrogens with one attached hydrogen (secondary N) is 6. The molecule has 8 fully saturated rings. The van der Waals surface area contributed by atoms with Gasteiger partial charge in [-0.1, -0.05) is 65.8 Å². The Morgan fingerprint density at radius 1 is 0.362 bits per heavy atom. The van der Waals surface area contributed by atoms with Gasteiger partial charge in [-0.05, 0) is 174 Å². The van der Waals surface area contributed by atoms with Gasteiger partial charge in [-0.15, -0.1) is 20.3 Å². The number of likely N-dealkylation sites (tertiary alicyclic amines) is 4. The number of ketones is 2. The summed E-state index contributed by atoms with van der Waals surface area (Å²) in [5.74, 6) is -12.0. The van der Waals surface area contributed by atoms with Gasteiger partial charge in [0.25, 0.3) is 23.6 Å². The van der Waals surface area contributed by atoms with Crippen LogP contribution in [0.15, 0.2) is 49.1 Å². The number of hydroxylamine groups is 8. The molecule has 34 nitrogen and oxygen atoms in total. The minimum atomic E-state index is -2.82. The topological polar surface area (TPSA) is 408 Å². The van der Waals surface area contributed by atoms with Crippen molar-refractivity contribution in [1.82, 2.24) is 71.8 Å². The fourth-order valence-electron chi connectivity index (χ4n) is 14.4. The van der Waals surface area contributed by atoms with Crippen molar-refractivity contribution in [3.05, 3.63) is 49.1 Å². The van der Waals surface area contributed by atoms with Crippen molar-refractivity contribution in [2.24, 2.45) is 11.8 Å². The molecule has 0 saturated carbocycles. The second-order valence-corrected chi connectivity index (χ2v) is 31.9. The zero-order chi connectivity index (χ0) is 92.1. The molecule has 8 saturated heterocycles. The van der Waals surface area contributed by atoms with E-state index in [0.717, 1.165) is 92.2 Å². The predicted octanol–water partition coefficient (Wildman–Crippen LogP) is 5.59. The van der Waals surface area contributed by atoms with Gasteiger partial charge in [0.1, 0.15) is 24.1 Å². The summed E-state index contributed by atoms with van der Waals surface area (Å²) in [7, 11) is 0. The molecule has 8 aliphatic rings. The first-order valence-corrected chi connectivity index (χ1v) is 40.5. The maximum absolute atomic E-state index is 12.7. The average Bonchev–Trinajstić information content (AvgIpc) is 1.02. The van der Waals surface area contributed by atoms with Crippen molar-refractivity contribution in [1.29, 1.82) is 0 Å². The molecule has 0 spiro atoms. The molecular weight excluding hydrogens is 1510 g/mol. The Morgan fingerprint density at radius 2 is 0.629 bits per heavy atom. The van der Waals surface area contributed by atoms with Crippen LogP contribution >= 0.6 is 0 Å². The van der Waals surface area contributed by atoms with Crippen molar-refractivity contribution in [2.75, 3.05) is 26.1 Å². The summed E-state index contributed by atoms with van der Waals surface area (Å²) in [6, 6.07) is -5.34. The van der Waals surface area contributed by atoms with Gasteiger partial charge in [-0.3, -0.25) is 77.1 Å². The summed E-state index contributed by atoms with van der Waals surface area (Å²) < 4.78 is 47.8. The van der Waals surface area contributed by atoms with E-state index in [4.69, 9.17) is 27.6 Å². The lowest BCUT2D eigenvalue weighted by Crippen LogP contribution is -2.54. The zero-order valence-electron chi connectivity index (χ0n) is 76.4. The Hall–Kier alpha value is -9.28. The van der Waals surface area contributed by atoms with Crippen LogP contribution in [0.4, 0.5) is 0 Å². The van der Waals surface area contributed by atoms with Gasteiger partial charge in [0.05, 0.1) is 77.0 Å². The monoisotopic (exact) mass is 1640 g/mol. The molecule has 0 bridgehead atoms. The SMILES string of the molecule is C=C1CCC(=O)N1OC(=O)C(C)[15NH]C(=O)C(C)[15NH]C(=O)C[15N]1C(C)CCCC1C.[2H]C(C)(NC(=O)C[15N]1C(C)CCCC1C)C(=O)[15NH]C(C)C(=O)ON1C(=C)CCC1=O.[2H]C([2H])(C(=O)[15NH]C(C)C(=O)CC(C)C(=O)ON1C(=C)CCC1=O)N1C(C)CCCC1C.[2H]C([2H])([2H])C(CC(=O)C(C)NC(=O)CN1C(C)CCCC1C)C(=O)ON1C(=C)CCC1=O. The highest BCUT2D eigenvalue weighted by Gasteiger charge is 2.39. The lowest BCUT2D eigenvalue weighted by atomic mass is 9.97. The number of carbonyl (C=O) groups excluding carboxylic acids is 16. The highest BCUT2D eigenvalue weighted by atomic mass is 16.7. The minimum absolute atomic E-state index is 0.0895. The molecule has 16 unspecified atom stereocenters. The quantitative estimate of drug-likeness (QED) is 0.0477. The molecule has 0 aliphatic carbocycles. The van der Waals surface area contributed by atoms with E-state index in [1.807, 2.05) is 13.8 Å². The fourth-order valence-corrected chi connectivity index (χ4v) is 14.4. The van der Waals surface area contributed by atoms with E-state index in [9.17, 15) is 76.7 Å². The Bertz CT molecular complexity index is 3800. The van der Waals surface area contributed by atoms with Crippen LogP contribution in [0.3, 0.4) is 0 Å². The predicted molar refractivity (Wildman–Crippen MR) is 426 cm³/mol. The molecule has 648 valence electrons. The lowest BCUT2D eigenvalue weighted by molar-refractivity contribution is -0.190. The Labute approximate surface area is 691 Å². The summed E-state index contributed by atoms with van der Waals surface area (Å²) in [5, 5.41) is 18.3. The summed E-state index contributed by atoms with van der Waals surface area (Å²) in [6.45, 7) is 36.3. The van der Waals surface area contributed by atoms with Crippen LogP contribution in [0.2, 0.25) is 0 Å². The maximum Gasteiger partial charge on any atom is 0.354 e. The molecule has 8 heterocycles. The molecule has 16 atom stereocenters. The van der Waals surface area contributed by atoms with E-state index in [0.29, 0.717) is 59.9 Å². The molecule has 0 radical (unpaired) electrons. The molecule has 10 amide bonds. The summed E-state index contributed by atoms with van der Waals surface area (Å²) in [4.78, 5) is 224. The third-order valence-electron chi connectivity index (χ3n) is 22.0. The van der Waals surface area contributed by atoms with Crippen LogP contribution in [0, 0.1) is 11.8 Å². The van der Waals surface area contributed by atoms with Gasteiger partial charge in [0, 0.05) is 91.0 Å². The van der Waals surface area contributed by atoms with Gasteiger partial charge in [0.2, 0.25) is 35.4 Å². The van der Waals surface area contributed by atoms with Gasteiger partial charge >= 0.3 is 23.9 Å². The normalized spacial score (nSPS) is 26.1. The maximum atomic E-state index is 12.7. The molecular formula is C82H130N14O20. The van der Waals surface area contributed by atoms with Gasteiger partial charge < -0.3 is 51.3 Å². The van der Waals surface area contributed by atoms with E-state index < -0.39 is 133 Å². The molecule has 6 N–H and O–H groups in total. The Kier molecular flexibility index (Phi) is 34.7. The Morgan fingerprint density at radius 3 is 0.940 bits per heavy atom. The second kappa shape index (κ2) is 46.0. The number of hydrogen-bond donors (Lipinski definition) is 6. The van der Waals surface area contributed by atoms with Gasteiger partial charge in [-0.2, -0.15) is 0 Å². The Balaban J connectivity index is 0.000000289. The average molecular weight is 1640 g/mol. The number of allylic oxidation sites excluding steroid dienone is 4. The van der Waals surface area contributed by atoms with Gasteiger partial charge in [-0.25, -0.2) is 19.2 Å². The summed E-state index contributed by atoms with van der Waals surface area (Å²) in [6.07, 6.45) is 13.6. The number of piperidine rings is 4. The number of carbonyl (C=O) groups is 16. The number of nitrogens with zero attached hydrogens (tertiary/aromatic N) is 8. The van der Waals surface area contributed by atoms with E-state index in [-0.39, 0.29) is 123 Å². The third kappa shape index (κ3) is 29.7. The first-order valence-electron chi connectivity index (χ1n) is 43.5. The van der Waals surface area contributed by atoms with Crippen molar-refractivity contribution >= 4 is 94.5 Å². The first kappa shape index (κ1) is 87.6. The number of hydrogen-bond acceptors (Lipinski definition) is 24. The molecule has 8 rings (SSSR count). The zero-order valence-corrected chi connectivity index (χ0v) is 70.4. The smallest absolute Gasteiger partial charge is 0.345 e. The fraction of sp³-hybridized carbons (Fsp3) is 0.707. The molecule has 34 heteroatoms. The summed E-state index contributed by atoms with van der Waals surface area (Å²) in [5.41, 5.74) is 1.41.